The van der Waals surface area contributed by atoms with Gasteiger partial charge in [-0.05, 0) is 37.5 Å². The fourth-order valence-electron chi connectivity index (χ4n) is 3.14. The zero-order valence-electron chi connectivity index (χ0n) is 16.5. The second-order valence-corrected chi connectivity index (χ2v) is 7.02. The van der Waals surface area contributed by atoms with Gasteiger partial charge in [-0.1, -0.05) is 48.0 Å². The van der Waals surface area contributed by atoms with Gasteiger partial charge in [0.15, 0.2) is 6.73 Å². The van der Waals surface area contributed by atoms with E-state index in [2.05, 4.69) is 5.32 Å². The maximum Gasteiger partial charge on any atom is 0.413 e. The van der Waals surface area contributed by atoms with Gasteiger partial charge in [-0.15, -0.1) is 0 Å². The first-order valence-electron chi connectivity index (χ1n) is 9.45. The van der Waals surface area contributed by atoms with Gasteiger partial charge in [-0.3, -0.25) is 9.69 Å². The van der Waals surface area contributed by atoms with E-state index in [-0.39, 0.29) is 32.1 Å². The van der Waals surface area contributed by atoms with Crippen molar-refractivity contribution in [3.05, 3.63) is 65.2 Å². The van der Waals surface area contributed by atoms with Crippen LogP contribution in [0.2, 0.25) is 0 Å². The Hall–Kier alpha value is -3.35. The van der Waals surface area contributed by atoms with Crippen molar-refractivity contribution in [1.82, 2.24) is 4.90 Å². The Morgan fingerprint density at radius 3 is 2.66 bits per heavy atom. The SMILES string of the molecule is Cc1ccc(NC(=O)CC[C@H]2C(=O)OCN2C(=O)OCc2ccccc2)c(C)c1. The van der Waals surface area contributed by atoms with Crippen molar-refractivity contribution in [2.45, 2.75) is 39.3 Å². The van der Waals surface area contributed by atoms with E-state index in [0.717, 1.165) is 22.4 Å². The fraction of sp³-hybridized carbons (Fsp3) is 0.318. The first-order chi connectivity index (χ1) is 13.9. The summed E-state index contributed by atoms with van der Waals surface area (Å²) in [6, 6.07) is 14.2. The van der Waals surface area contributed by atoms with Gasteiger partial charge < -0.3 is 14.8 Å². The minimum atomic E-state index is -0.830. The molecule has 0 unspecified atom stereocenters. The highest BCUT2D eigenvalue weighted by atomic mass is 16.6. The predicted octanol–water partition coefficient (Wildman–Crippen LogP) is 3.54. The third-order valence-corrected chi connectivity index (χ3v) is 4.73. The molecule has 0 bridgehead atoms. The molecule has 1 fully saturated rings. The molecule has 0 aromatic heterocycles. The molecule has 7 heteroatoms. The first-order valence-corrected chi connectivity index (χ1v) is 9.45. The Kier molecular flexibility index (Phi) is 6.49. The quantitative estimate of drug-likeness (QED) is 0.755. The molecule has 1 aliphatic heterocycles. The monoisotopic (exact) mass is 396 g/mol. The number of rotatable bonds is 6. The maximum atomic E-state index is 12.4. The molecule has 29 heavy (non-hydrogen) atoms. The molecule has 7 nitrogen and oxygen atoms in total. The Morgan fingerprint density at radius 1 is 1.17 bits per heavy atom. The van der Waals surface area contributed by atoms with E-state index in [1.807, 2.05) is 62.4 Å². The maximum absolute atomic E-state index is 12.4. The third kappa shape index (κ3) is 5.34. The van der Waals surface area contributed by atoms with E-state index < -0.39 is 18.1 Å². The Morgan fingerprint density at radius 2 is 1.93 bits per heavy atom. The molecule has 0 radical (unpaired) electrons. The summed E-state index contributed by atoms with van der Waals surface area (Å²) >= 11 is 0. The van der Waals surface area contributed by atoms with Gasteiger partial charge in [-0.25, -0.2) is 9.59 Å². The van der Waals surface area contributed by atoms with Crippen LogP contribution in [0, 0.1) is 13.8 Å². The van der Waals surface area contributed by atoms with Gasteiger partial charge in [-0.2, -0.15) is 0 Å². The Balaban J connectivity index is 1.53. The number of hydrogen-bond acceptors (Lipinski definition) is 5. The van der Waals surface area contributed by atoms with Crippen LogP contribution < -0.4 is 5.32 Å². The third-order valence-electron chi connectivity index (χ3n) is 4.73. The number of nitrogens with zero attached hydrogens (tertiary/aromatic N) is 1. The first kappa shape index (κ1) is 20.4. The summed E-state index contributed by atoms with van der Waals surface area (Å²) in [5.74, 6) is -0.754. The molecule has 2 aromatic carbocycles. The lowest BCUT2D eigenvalue weighted by Gasteiger charge is -2.19. The minimum Gasteiger partial charge on any atom is -0.444 e. The lowest BCUT2D eigenvalue weighted by molar-refractivity contribution is -0.139. The number of cyclic esters (lactones) is 1. The summed E-state index contributed by atoms with van der Waals surface area (Å²) in [6.07, 6.45) is -0.398. The number of esters is 1. The lowest BCUT2D eigenvalue weighted by Crippen LogP contribution is -2.39. The van der Waals surface area contributed by atoms with Crippen molar-refractivity contribution in [3.63, 3.8) is 0 Å². The normalized spacial score (nSPS) is 15.7. The van der Waals surface area contributed by atoms with Crippen LogP contribution in [0.25, 0.3) is 0 Å². The van der Waals surface area contributed by atoms with Crippen LogP contribution in [0.15, 0.2) is 48.5 Å². The summed E-state index contributed by atoms with van der Waals surface area (Å²) in [5.41, 5.74) is 3.65. The molecule has 2 amide bonds. The summed E-state index contributed by atoms with van der Waals surface area (Å²) in [6.45, 7) is 3.83. The summed E-state index contributed by atoms with van der Waals surface area (Å²) in [4.78, 5) is 37.9. The van der Waals surface area contributed by atoms with Crippen LogP contribution in [-0.2, 0) is 25.7 Å². The predicted molar refractivity (Wildman–Crippen MR) is 107 cm³/mol. The van der Waals surface area contributed by atoms with Crippen LogP contribution in [0.1, 0.15) is 29.5 Å². The van der Waals surface area contributed by atoms with E-state index in [0.29, 0.717) is 0 Å². The molecule has 0 spiro atoms. The zero-order chi connectivity index (χ0) is 20.8. The smallest absolute Gasteiger partial charge is 0.413 e. The van der Waals surface area contributed by atoms with Crippen molar-refractivity contribution in [2.24, 2.45) is 0 Å². The average molecular weight is 396 g/mol. The number of hydrogen-bond donors (Lipinski definition) is 1. The number of carbonyl (C=O) groups is 3. The van der Waals surface area contributed by atoms with Crippen molar-refractivity contribution in [2.75, 3.05) is 12.0 Å². The highest BCUT2D eigenvalue weighted by Crippen LogP contribution is 2.20. The van der Waals surface area contributed by atoms with Gasteiger partial charge in [0.25, 0.3) is 0 Å². The molecular formula is C22H24N2O5. The zero-order valence-corrected chi connectivity index (χ0v) is 16.5. The number of anilines is 1. The molecule has 1 saturated heterocycles. The number of carbonyl (C=O) groups excluding carboxylic acids is 3. The number of aryl methyl sites for hydroxylation is 2. The molecule has 1 N–H and O–H groups in total. The van der Waals surface area contributed by atoms with E-state index in [4.69, 9.17) is 9.47 Å². The van der Waals surface area contributed by atoms with Crippen molar-refractivity contribution < 1.29 is 23.9 Å². The van der Waals surface area contributed by atoms with E-state index in [1.165, 1.54) is 4.90 Å². The Labute approximate surface area is 169 Å². The molecule has 2 aromatic rings. The van der Waals surface area contributed by atoms with E-state index in [1.54, 1.807) is 0 Å². The summed E-state index contributed by atoms with van der Waals surface area (Å²) in [7, 11) is 0. The molecule has 3 rings (SSSR count). The molecule has 152 valence electrons. The van der Waals surface area contributed by atoms with Crippen LogP contribution >= 0.6 is 0 Å². The van der Waals surface area contributed by atoms with Crippen LogP contribution in [-0.4, -0.2) is 35.6 Å². The van der Waals surface area contributed by atoms with Gasteiger partial charge in [0, 0.05) is 12.1 Å². The molecule has 0 saturated carbocycles. The van der Waals surface area contributed by atoms with Gasteiger partial charge in [0.1, 0.15) is 12.6 Å². The summed E-state index contributed by atoms with van der Waals surface area (Å²) in [5, 5.41) is 2.84. The molecule has 1 atom stereocenters. The van der Waals surface area contributed by atoms with Gasteiger partial charge >= 0.3 is 12.1 Å². The summed E-state index contributed by atoms with van der Waals surface area (Å²) < 4.78 is 10.3. The second-order valence-electron chi connectivity index (χ2n) is 7.02. The largest absolute Gasteiger partial charge is 0.444 e. The lowest BCUT2D eigenvalue weighted by atomic mass is 10.1. The van der Waals surface area contributed by atoms with Gasteiger partial charge in [0.05, 0.1) is 0 Å². The number of nitrogens with one attached hydrogen (secondary N) is 1. The highest BCUT2D eigenvalue weighted by molar-refractivity contribution is 5.92. The van der Waals surface area contributed by atoms with Crippen LogP contribution in [0.4, 0.5) is 10.5 Å². The number of amides is 2. The standard InChI is InChI=1S/C22H24N2O5/c1-15-8-9-18(16(2)12-15)23-20(25)11-10-19-21(26)29-14-24(19)22(27)28-13-17-6-4-3-5-7-17/h3-9,12,19H,10-11,13-14H2,1-2H3,(H,23,25)/t19-/m0/s1. The van der Waals surface area contributed by atoms with Crippen molar-refractivity contribution in [3.8, 4) is 0 Å². The van der Waals surface area contributed by atoms with Gasteiger partial charge in [0.2, 0.25) is 5.91 Å². The fourth-order valence-corrected chi connectivity index (χ4v) is 3.14. The van der Waals surface area contributed by atoms with Crippen molar-refractivity contribution in [1.29, 1.82) is 0 Å². The van der Waals surface area contributed by atoms with E-state index in [9.17, 15) is 14.4 Å². The topological polar surface area (TPSA) is 84.9 Å². The molecular weight excluding hydrogens is 372 g/mol. The number of benzene rings is 2. The molecule has 1 aliphatic rings. The second kappa shape index (κ2) is 9.23. The van der Waals surface area contributed by atoms with Crippen LogP contribution in [0.3, 0.4) is 0 Å². The average Bonchev–Trinajstić information content (AvgIpc) is 3.08. The van der Waals surface area contributed by atoms with Crippen LogP contribution in [0.5, 0.6) is 0 Å². The Bertz CT molecular complexity index is 897. The highest BCUT2D eigenvalue weighted by Gasteiger charge is 2.38. The molecule has 1 heterocycles. The van der Waals surface area contributed by atoms with E-state index >= 15 is 0 Å². The minimum absolute atomic E-state index is 0.0789. The molecule has 0 aliphatic carbocycles. The number of ether oxygens (including phenoxy) is 2. The van der Waals surface area contributed by atoms with Crippen molar-refractivity contribution >= 4 is 23.7 Å².